The van der Waals surface area contributed by atoms with E-state index in [1.807, 2.05) is 13.8 Å². The van der Waals surface area contributed by atoms with Gasteiger partial charge in [-0.1, -0.05) is 26.0 Å². The SMILES string of the molecule is CC(C)C[C@H](NC(=O)[C@H](Cc1ccc(O)cc1)NC(=O)OC(C)(C)C)C(=O)c1ccco1. The third kappa shape index (κ3) is 8.09. The Kier molecular flexibility index (Phi) is 8.46. The van der Waals surface area contributed by atoms with Crippen molar-refractivity contribution in [2.45, 2.75) is 65.1 Å². The van der Waals surface area contributed by atoms with Crippen molar-refractivity contribution < 1.29 is 28.6 Å². The zero-order chi connectivity index (χ0) is 23.9. The van der Waals surface area contributed by atoms with Crippen molar-refractivity contribution in [2.24, 2.45) is 5.92 Å². The first-order chi connectivity index (χ1) is 14.9. The van der Waals surface area contributed by atoms with Gasteiger partial charge in [-0.05, 0) is 62.9 Å². The van der Waals surface area contributed by atoms with Gasteiger partial charge in [0.1, 0.15) is 17.4 Å². The highest BCUT2D eigenvalue weighted by atomic mass is 16.6. The molecule has 0 unspecified atom stereocenters. The van der Waals surface area contributed by atoms with E-state index in [2.05, 4.69) is 10.6 Å². The van der Waals surface area contributed by atoms with Crippen LogP contribution >= 0.6 is 0 Å². The third-order valence-electron chi connectivity index (χ3n) is 4.49. The molecule has 0 aliphatic carbocycles. The standard InChI is InChI=1S/C24H32N2O6/c1-15(2)13-18(21(28)20-7-6-12-31-20)25-22(29)19(26-23(30)32-24(3,4)5)14-16-8-10-17(27)11-9-16/h6-12,15,18-19,27H,13-14H2,1-5H3,(H,25,29)(H,26,30)/t18-,19-/m0/s1. The zero-order valence-electron chi connectivity index (χ0n) is 19.2. The number of aromatic hydroxyl groups is 1. The minimum Gasteiger partial charge on any atom is -0.508 e. The molecule has 0 saturated carbocycles. The number of ketones is 1. The summed E-state index contributed by atoms with van der Waals surface area (Å²) in [6.45, 7) is 9.07. The van der Waals surface area contributed by atoms with Gasteiger partial charge in [-0.3, -0.25) is 9.59 Å². The number of carbonyl (C=O) groups excluding carboxylic acids is 3. The van der Waals surface area contributed by atoms with E-state index in [0.717, 1.165) is 5.56 Å². The van der Waals surface area contributed by atoms with Gasteiger partial charge in [0.25, 0.3) is 0 Å². The lowest BCUT2D eigenvalue weighted by molar-refractivity contribution is -0.123. The third-order valence-corrected chi connectivity index (χ3v) is 4.49. The lowest BCUT2D eigenvalue weighted by Crippen LogP contribution is -2.53. The molecule has 3 N–H and O–H groups in total. The predicted molar refractivity (Wildman–Crippen MR) is 119 cm³/mol. The molecule has 2 aromatic rings. The number of hydrogen-bond donors (Lipinski definition) is 3. The molecule has 1 aromatic heterocycles. The molecule has 2 atom stereocenters. The van der Waals surface area contributed by atoms with Gasteiger partial charge in [0.05, 0.1) is 12.3 Å². The highest BCUT2D eigenvalue weighted by Gasteiger charge is 2.30. The number of phenolic OH excluding ortho intramolecular Hbond substituents is 1. The van der Waals surface area contributed by atoms with E-state index in [-0.39, 0.29) is 29.6 Å². The van der Waals surface area contributed by atoms with Gasteiger partial charge in [-0.15, -0.1) is 0 Å². The maximum Gasteiger partial charge on any atom is 0.408 e. The topological polar surface area (TPSA) is 118 Å². The molecule has 0 fully saturated rings. The molecule has 0 saturated heterocycles. The Labute approximate surface area is 188 Å². The number of phenols is 1. The van der Waals surface area contributed by atoms with E-state index in [1.165, 1.54) is 18.4 Å². The van der Waals surface area contributed by atoms with Crippen molar-refractivity contribution in [3.8, 4) is 5.75 Å². The number of alkyl carbamates (subject to hydrolysis) is 1. The average molecular weight is 445 g/mol. The Morgan fingerprint density at radius 2 is 1.69 bits per heavy atom. The summed E-state index contributed by atoms with van der Waals surface area (Å²) in [5.41, 5.74) is -0.0178. The van der Waals surface area contributed by atoms with Crippen LogP contribution in [0.4, 0.5) is 4.79 Å². The number of Topliss-reactive ketones (excluding diaryl/α,β-unsaturated/α-hetero) is 1. The number of ether oxygens (including phenoxy) is 1. The fourth-order valence-corrected chi connectivity index (χ4v) is 3.09. The molecule has 8 nitrogen and oxygen atoms in total. The largest absolute Gasteiger partial charge is 0.508 e. The van der Waals surface area contributed by atoms with Crippen molar-refractivity contribution in [1.29, 1.82) is 0 Å². The van der Waals surface area contributed by atoms with Gasteiger partial charge in [-0.2, -0.15) is 0 Å². The molecule has 1 heterocycles. The first-order valence-corrected chi connectivity index (χ1v) is 10.6. The van der Waals surface area contributed by atoms with E-state index in [1.54, 1.807) is 45.0 Å². The second-order valence-electron chi connectivity index (χ2n) is 9.10. The van der Waals surface area contributed by atoms with E-state index in [0.29, 0.717) is 6.42 Å². The summed E-state index contributed by atoms with van der Waals surface area (Å²) >= 11 is 0. The molecule has 0 aliphatic heterocycles. The first kappa shape index (κ1) is 25.0. The molecule has 0 bridgehead atoms. The number of amides is 2. The number of carbonyl (C=O) groups is 3. The summed E-state index contributed by atoms with van der Waals surface area (Å²) in [6.07, 6.45) is 1.21. The molecule has 32 heavy (non-hydrogen) atoms. The molecule has 0 aliphatic rings. The average Bonchev–Trinajstić information content (AvgIpc) is 3.21. The van der Waals surface area contributed by atoms with Crippen molar-refractivity contribution in [3.05, 3.63) is 54.0 Å². The number of rotatable bonds is 9. The molecular weight excluding hydrogens is 412 g/mol. The maximum absolute atomic E-state index is 13.2. The zero-order valence-corrected chi connectivity index (χ0v) is 19.2. The number of nitrogens with one attached hydrogen (secondary N) is 2. The van der Waals surface area contributed by atoms with Gasteiger partial charge in [-0.25, -0.2) is 4.79 Å². The van der Waals surface area contributed by atoms with E-state index >= 15 is 0 Å². The molecule has 1 aromatic carbocycles. The van der Waals surface area contributed by atoms with Crippen LogP contribution in [-0.4, -0.2) is 40.6 Å². The van der Waals surface area contributed by atoms with Crippen molar-refractivity contribution >= 4 is 17.8 Å². The van der Waals surface area contributed by atoms with Crippen LogP contribution in [0.5, 0.6) is 5.75 Å². The highest BCUT2D eigenvalue weighted by Crippen LogP contribution is 2.15. The normalized spacial score (nSPS) is 13.3. The summed E-state index contributed by atoms with van der Waals surface area (Å²) in [4.78, 5) is 38.4. The van der Waals surface area contributed by atoms with Crippen LogP contribution in [-0.2, 0) is 16.0 Å². The summed E-state index contributed by atoms with van der Waals surface area (Å²) in [6, 6.07) is 7.68. The molecular formula is C24H32N2O6. The van der Waals surface area contributed by atoms with Crippen LogP contribution in [0.1, 0.15) is 57.2 Å². The minimum atomic E-state index is -0.992. The predicted octanol–water partition coefficient (Wildman–Crippen LogP) is 3.83. The van der Waals surface area contributed by atoms with Crippen LogP contribution in [0, 0.1) is 5.92 Å². The van der Waals surface area contributed by atoms with E-state index in [9.17, 15) is 19.5 Å². The van der Waals surface area contributed by atoms with Gasteiger partial charge >= 0.3 is 6.09 Å². The maximum atomic E-state index is 13.2. The van der Waals surface area contributed by atoms with E-state index < -0.39 is 29.7 Å². The fourth-order valence-electron chi connectivity index (χ4n) is 3.09. The Morgan fingerprint density at radius 3 is 2.22 bits per heavy atom. The quantitative estimate of drug-likeness (QED) is 0.506. The second-order valence-corrected chi connectivity index (χ2v) is 9.10. The second kappa shape index (κ2) is 10.8. The van der Waals surface area contributed by atoms with Crippen LogP contribution in [0.25, 0.3) is 0 Å². The number of hydrogen-bond acceptors (Lipinski definition) is 6. The summed E-state index contributed by atoms with van der Waals surface area (Å²) in [7, 11) is 0. The van der Waals surface area contributed by atoms with Gasteiger partial charge in [0.2, 0.25) is 11.7 Å². The van der Waals surface area contributed by atoms with Crippen molar-refractivity contribution in [1.82, 2.24) is 10.6 Å². The number of benzene rings is 1. The summed E-state index contributed by atoms with van der Waals surface area (Å²) in [5.74, 6) is -0.470. The van der Waals surface area contributed by atoms with Crippen LogP contribution in [0.3, 0.4) is 0 Å². The van der Waals surface area contributed by atoms with Gasteiger partial charge in [0.15, 0.2) is 5.76 Å². The Bertz CT molecular complexity index is 898. The Hall–Kier alpha value is -3.29. The molecule has 8 heteroatoms. The summed E-state index contributed by atoms with van der Waals surface area (Å²) in [5, 5.41) is 14.9. The van der Waals surface area contributed by atoms with Crippen molar-refractivity contribution in [2.75, 3.05) is 0 Å². The summed E-state index contributed by atoms with van der Waals surface area (Å²) < 4.78 is 10.5. The first-order valence-electron chi connectivity index (χ1n) is 10.6. The molecule has 2 amide bonds. The number of furan rings is 1. The highest BCUT2D eigenvalue weighted by molar-refractivity contribution is 6.00. The van der Waals surface area contributed by atoms with Gasteiger partial charge in [0, 0.05) is 6.42 Å². The van der Waals surface area contributed by atoms with E-state index in [4.69, 9.17) is 9.15 Å². The molecule has 174 valence electrons. The van der Waals surface area contributed by atoms with Crippen LogP contribution < -0.4 is 10.6 Å². The van der Waals surface area contributed by atoms with Crippen molar-refractivity contribution in [3.63, 3.8) is 0 Å². The Balaban J connectivity index is 2.22. The lowest BCUT2D eigenvalue weighted by Gasteiger charge is -2.25. The van der Waals surface area contributed by atoms with Crippen LogP contribution in [0.2, 0.25) is 0 Å². The smallest absolute Gasteiger partial charge is 0.408 e. The molecule has 0 radical (unpaired) electrons. The monoisotopic (exact) mass is 444 g/mol. The lowest BCUT2D eigenvalue weighted by atomic mass is 9.98. The fraction of sp³-hybridized carbons (Fsp3) is 0.458. The molecule has 0 spiro atoms. The Morgan fingerprint density at radius 1 is 1.03 bits per heavy atom. The van der Waals surface area contributed by atoms with Gasteiger partial charge < -0.3 is 24.9 Å². The molecule has 2 rings (SSSR count). The minimum absolute atomic E-state index is 0.0934. The van der Waals surface area contributed by atoms with Crippen LogP contribution in [0.15, 0.2) is 47.1 Å².